The molecule has 0 radical (unpaired) electrons. The highest BCUT2D eigenvalue weighted by Crippen LogP contribution is 2.16. The molecule has 0 aliphatic carbocycles. The number of halogens is 1. The number of thiophene rings is 1. The molecule has 0 fully saturated rings. The molecule has 0 aliphatic heterocycles. The molecule has 130 valence electrons. The second-order valence-corrected chi connectivity index (χ2v) is 8.27. The maximum atomic E-state index is 12.3. The second-order valence-electron chi connectivity index (χ2n) is 5.13. The third-order valence-electron chi connectivity index (χ3n) is 3.25. The number of nitrogens with one attached hydrogen (secondary N) is 2. The van der Waals surface area contributed by atoms with Crippen LogP contribution in [0.2, 0.25) is 0 Å². The van der Waals surface area contributed by atoms with Crippen molar-refractivity contribution in [2.45, 2.75) is 18.2 Å². The van der Waals surface area contributed by atoms with Crippen LogP contribution in [0.25, 0.3) is 0 Å². The van der Waals surface area contributed by atoms with Gasteiger partial charge >= 0.3 is 0 Å². The third kappa shape index (κ3) is 5.12. The Morgan fingerprint density at radius 1 is 1.21 bits per heavy atom. The Kier molecular flexibility index (Phi) is 6.47. The molecule has 1 aromatic carbocycles. The van der Waals surface area contributed by atoms with E-state index in [4.69, 9.17) is 0 Å². The number of benzene rings is 1. The van der Waals surface area contributed by atoms with Gasteiger partial charge in [-0.25, -0.2) is 17.5 Å². The molecule has 0 unspecified atom stereocenters. The standard InChI is InChI=1S/C16H19FN2O3S2/c1-12-5-6-14(23-12)7-9-19-24(21,22)15-4-2-3-13(11-15)16(20)18-10-8-17/h2-6,11,19H,7-10H2,1H3,(H,18,20). The highest BCUT2D eigenvalue weighted by molar-refractivity contribution is 7.89. The zero-order valence-corrected chi connectivity index (χ0v) is 14.8. The SMILES string of the molecule is Cc1ccc(CCNS(=O)(=O)c2cccc(C(=O)NCCF)c2)s1. The summed E-state index contributed by atoms with van der Waals surface area (Å²) < 4.78 is 39.3. The van der Waals surface area contributed by atoms with Crippen molar-refractivity contribution in [2.24, 2.45) is 0 Å². The molecule has 2 N–H and O–H groups in total. The molecule has 24 heavy (non-hydrogen) atoms. The van der Waals surface area contributed by atoms with E-state index in [0.29, 0.717) is 6.42 Å². The molecular weight excluding hydrogens is 351 g/mol. The van der Waals surface area contributed by atoms with Crippen LogP contribution in [0.4, 0.5) is 4.39 Å². The van der Waals surface area contributed by atoms with E-state index in [9.17, 15) is 17.6 Å². The minimum atomic E-state index is -3.70. The molecule has 0 bridgehead atoms. The van der Waals surface area contributed by atoms with Gasteiger partial charge in [0.15, 0.2) is 0 Å². The lowest BCUT2D eigenvalue weighted by atomic mass is 10.2. The molecule has 1 amide bonds. The minimum absolute atomic E-state index is 0.0118. The quantitative estimate of drug-likeness (QED) is 0.749. The lowest BCUT2D eigenvalue weighted by Crippen LogP contribution is -2.27. The molecule has 1 heterocycles. The van der Waals surface area contributed by atoms with Crippen LogP contribution in [0.3, 0.4) is 0 Å². The first-order chi connectivity index (χ1) is 11.4. The number of hydrogen-bond donors (Lipinski definition) is 2. The van der Waals surface area contributed by atoms with Gasteiger partial charge in [-0.15, -0.1) is 11.3 Å². The first kappa shape index (κ1) is 18.6. The van der Waals surface area contributed by atoms with Gasteiger partial charge in [-0.2, -0.15) is 0 Å². The van der Waals surface area contributed by atoms with Crippen LogP contribution in [0.1, 0.15) is 20.1 Å². The smallest absolute Gasteiger partial charge is 0.251 e. The fraction of sp³-hybridized carbons (Fsp3) is 0.312. The molecule has 0 spiro atoms. The van der Waals surface area contributed by atoms with E-state index in [1.54, 1.807) is 11.3 Å². The van der Waals surface area contributed by atoms with Crippen molar-refractivity contribution < 1.29 is 17.6 Å². The van der Waals surface area contributed by atoms with Crippen molar-refractivity contribution in [1.29, 1.82) is 0 Å². The molecule has 0 atom stereocenters. The van der Waals surface area contributed by atoms with Crippen molar-refractivity contribution in [3.8, 4) is 0 Å². The summed E-state index contributed by atoms with van der Waals surface area (Å²) in [7, 11) is -3.70. The van der Waals surface area contributed by atoms with E-state index >= 15 is 0 Å². The van der Waals surface area contributed by atoms with Crippen molar-refractivity contribution in [2.75, 3.05) is 19.8 Å². The topological polar surface area (TPSA) is 75.3 Å². The van der Waals surface area contributed by atoms with E-state index in [1.165, 1.54) is 29.1 Å². The van der Waals surface area contributed by atoms with Crippen molar-refractivity contribution >= 4 is 27.3 Å². The molecule has 0 saturated carbocycles. The molecule has 2 aromatic rings. The van der Waals surface area contributed by atoms with Crippen LogP contribution in [-0.2, 0) is 16.4 Å². The Morgan fingerprint density at radius 2 is 2.00 bits per heavy atom. The first-order valence-corrected chi connectivity index (χ1v) is 9.71. The number of aryl methyl sites for hydroxylation is 1. The van der Waals surface area contributed by atoms with Gasteiger partial charge < -0.3 is 5.32 Å². The van der Waals surface area contributed by atoms with E-state index in [2.05, 4.69) is 10.0 Å². The van der Waals surface area contributed by atoms with E-state index in [-0.39, 0.29) is 23.5 Å². The van der Waals surface area contributed by atoms with Gasteiger partial charge in [-0.3, -0.25) is 4.79 Å². The van der Waals surface area contributed by atoms with Gasteiger partial charge in [0, 0.05) is 28.4 Å². The highest BCUT2D eigenvalue weighted by Gasteiger charge is 2.16. The zero-order chi connectivity index (χ0) is 17.6. The fourth-order valence-electron chi connectivity index (χ4n) is 2.08. The van der Waals surface area contributed by atoms with Gasteiger partial charge in [0.25, 0.3) is 5.91 Å². The molecular formula is C16H19FN2O3S2. The fourth-order valence-corrected chi connectivity index (χ4v) is 4.05. The van der Waals surface area contributed by atoms with Crippen LogP contribution in [-0.4, -0.2) is 34.1 Å². The summed E-state index contributed by atoms with van der Waals surface area (Å²) in [5.41, 5.74) is 0.181. The second kappa shape index (κ2) is 8.36. The highest BCUT2D eigenvalue weighted by atomic mass is 32.2. The van der Waals surface area contributed by atoms with Gasteiger partial charge in [0.1, 0.15) is 6.67 Å². The van der Waals surface area contributed by atoms with Gasteiger partial charge in [0.05, 0.1) is 4.90 Å². The van der Waals surface area contributed by atoms with Crippen molar-refractivity contribution in [3.05, 3.63) is 51.7 Å². The van der Waals surface area contributed by atoms with E-state index < -0.39 is 22.6 Å². The normalized spacial score (nSPS) is 11.4. The van der Waals surface area contributed by atoms with Crippen molar-refractivity contribution in [1.82, 2.24) is 10.0 Å². The molecule has 2 rings (SSSR count). The van der Waals surface area contributed by atoms with Crippen LogP contribution >= 0.6 is 11.3 Å². The summed E-state index contributed by atoms with van der Waals surface area (Å²) in [6, 6.07) is 9.65. The van der Waals surface area contributed by atoms with Crippen LogP contribution in [0.5, 0.6) is 0 Å². The first-order valence-electron chi connectivity index (χ1n) is 7.41. The summed E-state index contributed by atoms with van der Waals surface area (Å²) >= 11 is 1.63. The Labute approximate surface area is 145 Å². The van der Waals surface area contributed by atoms with Gasteiger partial charge in [-0.05, 0) is 43.7 Å². The van der Waals surface area contributed by atoms with E-state index in [1.807, 2.05) is 19.1 Å². The maximum Gasteiger partial charge on any atom is 0.251 e. The Hall–Kier alpha value is -1.77. The molecule has 8 heteroatoms. The Bertz CT molecular complexity index is 803. The summed E-state index contributed by atoms with van der Waals surface area (Å²) in [4.78, 5) is 14.1. The summed E-state index contributed by atoms with van der Waals surface area (Å²) in [6.45, 7) is 1.50. The summed E-state index contributed by atoms with van der Waals surface area (Å²) in [5.74, 6) is -0.501. The summed E-state index contributed by atoms with van der Waals surface area (Å²) in [6.07, 6.45) is 0.606. The number of rotatable bonds is 8. The van der Waals surface area contributed by atoms with Crippen LogP contribution < -0.4 is 10.0 Å². The average molecular weight is 370 g/mol. The number of alkyl halides is 1. The maximum absolute atomic E-state index is 12.3. The molecule has 0 saturated heterocycles. The van der Waals surface area contributed by atoms with Gasteiger partial charge in [-0.1, -0.05) is 6.07 Å². The van der Waals surface area contributed by atoms with Crippen LogP contribution in [0.15, 0.2) is 41.3 Å². The van der Waals surface area contributed by atoms with Crippen molar-refractivity contribution in [3.63, 3.8) is 0 Å². The predicted molar refractivity (Wildman–Crippen MR) is 92.7 cm³/mol. The average Bonchev–Trinajstić information content (AvgIpc) is 2.98. The zero-order valence-electron chi connectivity index (χ0n) is 13.2. The number of carbonyl (C=O) groups is 1. The van der Waals surface area contributed by atoms with Crippen LogP contribution in [0, 0.1) is 6.92 Å². The third-order valence-corrected chi connectivity index (χ3v) is 5.77. The minimum Gasteiger partial charge on any atom is -0.349 e. The summed E-state index contributed by atoms with van der Waals surface area (Å²) in [5, 5.41) is 2.37. The Morgan fingerprint density at radius 3 is 2.67 bits per heavy atom. The van der Waals surface area contributed by atoms with E-state index in [0.717, 1.165) is 4.88 Å². The molecule has 0 aliphatic rings. The number of sulfonamides is 1. The number of hydrogen-bond acceptors (Lipinski definition) is 4. The number of carbonyl (C=O) groups excluding carboxylic acids is 1. The van der Waals surface area contributed by atoms with Gasteiger partial charge in [0.2, 0.25) is 10.0 Å². The molecule has 1 aromatic heterocycles. The lowest BCUT2D eigenvalue weighted by Gasteiger charge is -2.08. The molecule has 5 nitrogen and oxygen atoms in total. The largest absolute Gasteiger partial charge is 0.349 e. The predicted octanol–water partition coefficient (Wildman–Crippen LogP) is 2.28. The Balaban J connectivity index is 2.01. The lowest BCUT2D eigenvalue weighted by molar-refractivity contribution is 0.0950. The number of amides is 1. The monoisotopic (exact) mass is 370 g/mol.